The van der Waals surface area contributed by atoms with Crippen molar-refractivity contribution in [2.45, 2.75) is 25.9 Å². The predicted octanol–water partition coefficient (Wildman–Crippen LogP) is 4.03. The highest BCUT2D eigenvalue weighted by Crippen LogP contribution is 2.41. The molecule has 0 N–H and O–H groups in total. The Labute approximate surface area is 122 Å². The third-order valence-corrected chi connectivity index (χ3v) is 4.91. The SMILES string of the molecule is COc1ccc(Br)cc1CC1(CCl)CCOC1C. The van der Waals surface area contributed by atoms with E-state index in [1.165, 1.54) is 5.56 Å². The number of alkyl halides is 1. The smallest absolute Gasteiger partial charge is 0.122 e. The summed E-state index contributed by atoms with van der Waals surface area (Å²) in [6.45, 7) is 2.91. The highest BCUT2D eigenvalue weighted by atomic mass is 79.9. The highest BCUT2D eigenvalue weighted by Gasteiger charge is 2.41. The van der Waals surface area contributed by atoms with Crippen molar-refractivity contribution in [2.24, 2.45) is 5.41 Å². The Hall–Kier alpha value is -0.250. The molecule has 1 aliphatic heterocycles. The van der Waals surface area contributed by atoms with E-state index in [4.69, 9.17) is 21.1 Å². The maximum absolute atomic E-state index is 6.21. The summed E-state index contributed by atoms with van der Waals surface area (Å²) in [7, 11) is 1.70. The fourth-order valence-corrected chi connectivity index (χ4v) is 3.39. The molecule has 2 nitrogen and oxygen atoms in total. The molecule has 2 atom stereocenters. The second-order valence-electron chi connectivity index (χ2n) is 4.89. The Morgan fingerprint density at radius 2 is 2.33 bits per heavy atom. The molecule has 0 amide bonds. The summed E-state index contributed by atoms with van der Waals surface area (Å²) in [5.74, 6) is 1.53. The van der Waals surface area contributed by atoms with Gasteiger partial charge in [-0.05, 0) is 43.5 Å². The van der Waals surface area contributed by atoms with Gasteiger partial charge in [0.25, 0.3) is 0 Å². The molecule has 100 valence electrons. The average Bonchev–Trinajstić information content (AvgIpc) is 2.72. The van der Waals surface area contributed by atoms with Crippen molar-refractivity contribution in [1.82, 2.24) is 0 Å². The normalized spacial score (nSPS) is 27.4. The maximum atomic E-state index is 6.21. The van der Waals surface area contributed by atoms with E-state index in [1.54, 1.807) is 7.11 Å². The van der Waals surface area contributed by atoms with E-state index >= 15 is 0 Å². The quantitative estimate of drug-likeness (QED) is 0.774. The lowest BCUT2D eigenvalue weighted by atomic mass is 9.78. The first-order chi connectivity index (χ1) is 8.61. The molecule has 1 heterocycles. The van der Waals surface area contributed by atoms with Crippen molar-refractivity contribution in [2.75, 3.05) is 19.6 Å². The zero-order valence-corrected chi connectivity index (χ0v) is 13.1. The first kappa shape index (κ1) is 14.2. The molecule has 0 spiro atoms. The van der Waals surface area contributed by atoms with E-state index in [2.05, 4.69) is 28.9 Å². The van der Waals surface area contributed by atoms with Gasteiger partial charge in [0.2, 0.25) is 0 Å². The second-order valence-corrected chi connectivity index (χ2v) is 6.07. The largest absolute Gasteiger partial charge is 0.496 e. The van der Waals surface area contributed by atoms with Gasteiger partial charge in [-0.1, -0.05) is 15.9 Å². The fraction of sp³-hybridized carbons (Fsp3) is 0.571. The highest BCUT2D eigenvalue weighted by molar-refractivity contribution is 9.10. The van der Waals surface area contributed by atoms with Crippen LogP contribution in [0.25, 0.3) is 0 Å². The molecule has 0 saturated carbocycles. The van der Waals surface area contributed by atoms with Crippen LogP contribution >= 0.6 is 27.5 Å². The molecular weight excluding hydrogens is 316 g/mol. The summed E-state index contributed by atoms with van der Waals surface area (Å²) < 4.78 is 12.2. The molecule has 1 aromatic rings. The molecule has 0 radical (unpaired) electrons. The van der Waals surface area contributed by atoms with Crippen LogP contribution in [-0.4, -0.2) is 25.7 Å². The Bertz CT molecular complexity index is 424. The molecule has 2 rings (SSSR count). The molecule has 4 heteroatoms. The summed E-state index contributed by atoms with van der Waals surface area (Å²) in [5.41, 5.74) is 1.21. The number of methoxy groups -OCH3 is 1. The van der Waals surface area contributed by atoms with Crippen LogP contribution in [-0.2, 0) is 11.2 Å². The molecule has 0 bridgehead atoms. The van der Waals surface area contributed by atoms with Crippen LogP contribution in [0.15, 0.2) is 22.7 Å². The molecule has 0 aliphatic carbocycles. The van der Waals surface area contributed by atoms with Crippen molar-refractivity contribution in [3.05, 3.63) is 28.2 Å². The predicted molar refractivity (Wildman–Crippen MR) is 77.6 cm³/mol. The zero-order chi connectivity index (χ0) is 13.2. The minimum Gasteiger partial charge on any atom is -0.496 e. The zero-order valence-electron chi connectivity index (χ0n) is 10.7. The number of hydrogen-bond donors (Lipinski definition) is 0. The molecule has 1 fully saturated rings. The van der Waals surface area contributed by atoms with Crippen LogP contribution in [0.4, 0.5) is 0 Å². The van der Waals surface area contributed by atoms with Crippen LogP contribution in [0.1, 0.15) is 18.9 Å². The van der Waals surface area contributed by atoms with Crippen molar-refractivity contribution in [3.8, 4) is 5.75 Å². The molecule has 1 aliphatic rings. The number of hydrogen-bond acceptors (Lipinski definition) is 2. The van der Waals surface area contributed by atoms with Crippen molar-refractivity contribution >= 4 is 27.5 Å². The van der Waals surface area contributed by atoms with Gasteiger partial charge in [-0.2, -0.15) is 0 Å². The Balaban J connectivity index is 2.29. The topological polar surface area (TPSA) is 18.5 Å². The fourth-order valence-electron chi connectivity index (χ4n) is 2.54. The van der Waals surface area contributed by atoms with E-state index in [0.29, 0.717) is 5.88 Å². The lowest BCUT2D eigenvalue weighted by molar-refractivity contribution is 0.0733. The molecule has 18 heavy (non-hydrogen) atoms. The number of ether oxygens (including phenoxy) is 2. The van der Waals surface area contributed by atoms with Crippen molar-refractivity contribution < 1.29 is 9.47 Å². The monoisotopic (exact) mass is 332 g/mol. The van der Waals surface area contributed by atoms with Crippen molar-refractivity contribution in [1.29, 1.82) is 0 Å². The van der Waals surface area contributed by atoms with E-state index in [1.807, 2.05) is 12.1 Å². The van der Waals surface area contributed by atoms with Gasteiger partial charge >= 0.3 is 0 Å². The van der Waals surface area contributed by atoms with E-state index < -0.39 is 0 Å². The molecule has 2 unspecified atom stereocenters. The van der Waals surface area contributed by atoms with E-state index in [-0.39, 0.29) is 11.5 Å². The van der Waals surface area contributed by atoms with Crippen LogP contribution in [0.5, 0.6) is 5.75 Å². The molecular formula is C14H18BrClO2. The second kappa shape index (κ2) is 5.81. The molecule has 0 aromatic heterocycles. The third-order valence-electron chi connectivity index (χ3n) is 3.88. The van der Waals surface area contributed by atoms with Gasteiger partial charge in [-0.15, -0.1) is 11.6 Å². The van der Waals surface area contributed by atoms with Gasteiger partial charge in [0.15, 0.2) is 0 Å². The number of benzene rings is 1. The van der Waals surface area contributed by atoms with E-state index in [0.717, 1.165) is 29.7 Å². The standard InChI is InChI=1S/C14H18BrClO2/c1-10-14(9-16,5-6-18-10)8-11-7-12(15)3-4-13(11)17-2/h3-4,7,10H,5-6,8-9H2,1-2H3. The number of halogens is 2. The van der Waals surface area contributed by atoms with Crippen LogP contribution in [0.3, 0.4) is 0 Å². The van der Waals surface area contributed by atoms with Gasteiger partial charge in [-0.3, -0.25) is 0 Å². The lowest BCUT2D eigenvalue weighted by Gasteiger charge is -2.30. The number of rotatable bonds is 4. The van der Waals surface area contributed by atoms with Crippen LogP contribution < -0.4 is 4.74 Å². The van der Waals surface area contributed by atoms with Gasteiger partial charge in [0.05, 0.1) is 13.2 Å². The summed E-state index contributed by atoms with van der Waals surface area (Å²) >= 11 is 9.72. The first-order valence-corrected chi connectivity index (χ1v) is 7.44. The third kappa shape index (κ3) is 2.68. The van der Waals surface area contributed by atoms with Gasteiger partial charge in [0.1, 0.15) is 5.75 Å². The summed E-state index contributed by atoms with van der Waals surface area (Å²) in [6, 6.07) is 6.09. The first-order valence-electron chi connectivity index (χ1n) is 6.11. The summed E-state index contributed by atoms with van der Waals surface area (Å²) in [6.07, 6.45) is 2.09. The van der Waals surface area contributed by atoms with Crippen LogP contribution in [0.2, 0.25) is 0 Å². The Morgan fingerprint density at radius 3 is 2.89 bits per heavy atom. The van der Waals surface area contributed by atoms with Crippen molar-refractivity contribution in [3.63, 3.8) is 0 Å². The van der Waals surface area contributed by atoms with Crippen LogP contribution in [0, 0.1) is 5.41 Å². The molecule has 1 saturated heterocycles. The maximum Gasteiger partial charge on any atom is 0.122 e. The minimum atomic E-state index is 0.0234. The lowest BCUT2D eigenvalue weighted by Crippen LogP contribution is -2.33. The van der Waals surface area contributed by atoms with Gasteiger partial charge < -0.3 is 9.47 Å². The summed E-state index contributed by atoms with van der Waals surface area (Å²) in [4.78, 5) is 0. The van der Waals surface area contributed by atoms with E-state index in [9.17, 15) is 0 Å². The molecule has 1 aromatic carbocycles. The summed E-state index contributed by atoms with van der Waals surface area (Å²) in [5, 5.41) is 0. The van der Waals surface area contributed by atoms with Gasteiger partial charge in [-0.25, -0.2) is 0 Å². The van der Waals surface area contributed by atoms with Gasteiger partial charge in [0, 0.05) is 22.4 Å². The Kier molecular flexibility index (Phi) is 4.57. The Morgan fingerprint density at radius 1 is 1.56 bits per heavy atom. The average molecular weight is 334 g/mol. The minimum absolute atomic E-state index is 0.0234.